The first-order chi connectivity index (χ1) is 12.7. The van der Waals surface area contributed by atoms with Gasteiger partial charge in [0.15, 0.2) is 5.69 Å². The summed E-state index contributed by atoms with van der Waals surface area (Å²) in [6.45, 7) is 0. The van der Waals surface area contributed by atoms with Crippen LogP contribution in [0.5, 0.6) is 0 Å². The zero-order valence-corrected chi connectivity index (χ0v) is 16.2. The second-order valence-corrected chi connectivity index (χ2v) is 7.86. The van der Waals surface area contributed by atoms with Crippen LogP contribution in [0.4, 0.5) is 0 Å². The van der Waals surface area contributed by atoms with Gasteiger partial charge < -0.3 is 4.74 Å². The number of carbonyl (C=O) groups is 1. The first-order valence-corrected chi connectivity index (χ1v) is 9.78. The summed E-state index contributed by atoms with van der Waals surface area (Å²) in [6, 6.07) is 12.3. The number of halogens is 2. The number of carbonyl (C=O) groups excluding carboxylic acids is 1. The van der Waals surface area contributed by atoms with Gasteiger partial charge in [-0.1, -0.05) is 29.3 Å². The molecule has 0 bridgehead atoms. The Morgan fingerprint density at radius 1 is 1.07 bits per heavy atom. The normalized spacial score (nSPS) is 11.4. The van der Waals surface area contributed by atoms with Crippen molar-refractivity contribution in [1.82, 2.24) is 9.78 Å². The van der Waals surface area contributed by atoms with Crippen LogP contribution in [0.25, 0.3) is 16.9 Å². The fraction of sp³-hybridized carbons (Fsp3) is 0.0588. The highest BCUT2D eigenvalue weighted by Gasteiger charge is 2.18. The van der Waals surface area contributed by atoms with E-state index in [-0.39, 0.29) is 10.6 Å². The fourth-order valence-corrected chi connectivity index (χ4v) is 3.23. The summed E-state index contributed by atoms with van der Waals surface area (Å²) in [5.41, 5.74) is 1.78. The molecule has 7 nitrogen and oxygen atoms in total. The molecule has 3 aromatic rings. The lowest BCUT2D eigenvalue weighted by Crippen LogP contribution is -2.12. The van der Waals surface area contributed by atoms with E-state index < -0.39 is 16.0 Å². The number of benzene rings is 2. The summed E-state index contributed by atoms with van der Waals surface area (Å²) < 4.78 is 29.1. The number of hydrogen-bond acceptors (Lipinski definition) is 5. The molecule has 0 saturated carbocycles. The Morgan fingerprint density at radius 3 is 2.30 bits per heavy atom. The number of nitrogens with two attached hydrogens (primary N) is 1. The third-order valence-corrected chi connectivity index (χ3v) is 5.40. The van der Waals surface area contributed by atoms with Crippen molar-refractivity contribution in [3.63, 3.8) is 0 Å². The summed E-state index contributed by atoms with van der Waals surface area (Å²) in [5.74, 6) is -0.615. The van der Waals surface area contributed by atoms with Crippen LogP contribution in [-0.2, 0) is 14.8 Å². The van der Waals surface area contributed by atoms with Crippen LogP contribution in [-0.4, -0.2) is 31.3 Å². The number of rotatable bonds is 4. The van der Waals surface area contributed by atoms with Gasteiger partial charge in [-0.15, -0.1) is 0 Å². The summed E-state index contributed by atoms with van der Waals surface area (Å²) in [7, 11) is -2.57. The Hall–Kier alpha value is -2.39. The molecule has 0 radical (unpaired) electrons. The van der Waals surface area contributed by atoms with Gasteiger partial charge in [0.25, 0.3) is 0 Å². The van der Waals surface area contributed by atoms with Gasteiger partial charge in [-0.05, 0) is 42.5 Å². The van der Waals surface area contributed by atoms with E-state index in [1.807, 2.05) is 0 Å². The molecule has 10 heteroatoms. The molecule has 0 atom stereocenters. The third kappa shape index (κ3) is 3.98. The van der Waals surface area contributed by atoms with Gasteiger partial charge in [0.1, 0.15) is 0 Å². The lowest BCUT2D eigenvalue weighted by Gasteiger charge is -2.09. The maximum absolute atomic E-state index is 11.9. The predicted molar refractivity (Wildman–Crippen MR) is 102 cm³/mol. The smallest absolute Gasteiger partial charge is 0.358 e. The maximum Gasteiger partial charge on any atom is 0.358 e. The number of primary sulfonamides is 1. The van der Waals surface area contributed by atoms with Gasteiger partial charge >= 0.3 is 5.97 Å². The van der Waals surface area contributed by atoms with E-state index in [9.17, 15) is 13.2 Å². The number of methoxy groups -OCH3 is 1. The number of ether oxygens (including phenoxy) is 1. The topological polar surface area (TPSA) is 104 Å². The van der Waals surface area contributed by atoms with E-state index >= 15 is 0 Å². The van der Waals surface area contributed by atoms with Gasteiger partial charge in [0, 0.05) is 5.56 Å². The van der Waals surface area contributed by atoms with Crippen molar-refractivity contribution < 1.29 is 17.9 Å². The van der Waals surface area contributed by atoms with Crippen molar-refractivity contribution >= 4 is 39.2 Å². The van der Waals surface area contributed by atoms with Crippen molar-refractivity contribution in [2.24, 2.45) is 5.14 Å². The SMILES string of the molecule is COC(=O)c1cc(-c2ccc(Cl)c(Cl)c2)n(-c2ccc(S(N)(=O)=O)cc2)n1. The molecule has 2 N–H and O–H groups in total. The quantitative estimate of drug-likeness (QED) is 0.645. The molecular weight excluding hydrogens is 413 g/mol. The summed E-state index contributed by atoms with van der Waals surface area (Å²) >= 11 is 12.1. The number of esters is 1. The van der Waals surface area contributed by atoms with Crippen molar-refractivity contribution in [3.05, 3.63) is 64.3 Å². The van der Waals surface area contributed by atoms with Crippen LogP contribution in [0.2, 0.25) is 10.0 Å². The Balaban J connectivity index is 2.17. The van der Waals surface area contributed by atoms with Crippen LogP contribution in [0.3, 0.4) is 0 Å². The van der Waals surface area contributed by atoms with E-state index in [1.165, 1.54) is 36.1 Å². The standard InChI is InChI=1S/C17H13Cl2N3O4S/c1-26-17(23)15-9-16(10-2-7-13(18)14(19)8-10)22(21-15)11-3-5-12(6-4-11)27(20,24)25/h2-9H,1H3,(H2,20,24,25). The molecule has 3 rings (SSSR count). The summed E-state index contributed by atoms with van der Waals surface area (Å²) in [5, 5.41) is 10.1. The Labute approximate surface area is 165 Å². The van der Waals surface area contributed by atoms with Crippen molar-refractivity contribution in [2.75, 3.05) is 7.11 Å². The van der Waals surface area contributed by atoms with E-state index in [4.69, 9.17) is 33.1 Å². The molecule has 0 fully saturated rings. The number of sulfonamides is 1. The molecule has 27 heavy (non-hydrogen) atoms. The van der Waals surface area contributed by atoms with Gasteiger partial charge in [-0.3, -0.25) is 0 Å². The Morgan fingerprint density at radius 2 is 1.74 bits per heavy atom. The average molecular weight is 426 g/mol. The van der Waals surface area contributed by atoms with Gasteiger partial charge in [0.05, 0.1) is 33.4 Å². The lowest BCUT2D eigenvalue weighted by atomic mass is 10.1. The zero-order valence-electron chi connectivity index (χ0n) is 13.9. The van der Waals surface area contributed by atoms with Crippen molar-refractivity contribution in [2.45, 2.75) is 4.90 Å². The molecule has 1 aromatic heterocycles. The molecule has 0 aliphatic carbocycles. The van der Waals surface area contributed by atoms with Gasteiger partial charge in [-0.25, -0.2) is 23.0 Å². The van der Waals surface area contributed by atoms with Crippen LogP contribution >= 0.6 is 23.2 Å². The Bertz CT molecular complexity index is 1130. The van der Waals surface area contributed by atoms with Crippen LogP contribution in [0, 0.1) is 0 Å². The van der Waals surface area contributed by atoms with E-state index in [0.717, 1.165) is 0 Å². The zero-order chi connectivity index (χ0) is 19.8. The maximum atomic E-state index is 11.9. The second-order valence-electron chi connectivity index (χ2n) is 5.49. The number of aromatic nitrogens is 2. The lowest BCUT2D eigenvalue weighted by molar-refractivity contribution is 0.0593. The largest absolute Gasteiger partial charge is 0.464 e. The van der Waals surface area contributed by atoms with Crippen LogP contribution in [0.15, 0.2) is 53.4 Å². The second kappa shape index (κ2) is 7.32. The summed E-state index contributed by atoms with van der Waals surface area (Å²) in [4.78, 5) is 11.9. The van der Waals surface area contributed by atoms with Crippen molar-refractivity contribution in [1.29, 1.82) is 0 Å². The summed E-state index contributed by atoms with van der Waals surface area (Å²) in [6.07, 6.45) is 0. The van der Waals surface area contributed by atoms with Crippen molar-refractivity contribution in [3.8, 4) is 16.9 Å². The minimum absolute atomic E-state index is 0.0392. The fourth-order valence-electron chi connectivity index (χ4n) is 2.42. The minimum atomic E-state index is -3.82. The molecular formula is C17H13Cl2N3O4S. The monoisotopic (exact) mass is 425 g/mol. The first kappa shape index (κ1) is 19.4. The van der Waals surface area contributed by atoms with Crippen LogP contribution in [0.1, 0.15) is 10.5 Å². The van der Waals surface area contributed by atoms with E-state index in [1.54, 1.807) is 24.3 Å². The molecule has 1 heterocycles. The highest BCUT2D eigenvalue weighted by molar-refractivity contribution is 7.89. The molecule has 0 aliphatic heterocycles. The molecule has 0 saturated heterocycles. The third-order valence-electron chi connectivity index (χ3n) is 3.73. The number of hydrogen-bond donors (Lipinski definition) is 1. The molecule has 0 aliphatic rings. The molecule has 0 spiro atoms. The highest BCUT2D eigenvalue weighted by atomic mass is 35.5. The van der Waals surface area contributed by atoms with Crippen LogP contribution < -0.4 is 5.14 Å². The molecule has 140 valence electrons. The van der Waals surface area contributed by atoms with E-state index in [0.29, 0.717) is 27.0 Å². The van der Waals surface area contributed by atoms with Gasteiger partial charge in [0.2, 0.25) is 10.0 Å². The first-order valence-electron chi connectivity index (χ1n) is 7.48. The number of nitrogens with zero attached hydrogens (tertiary/aromatic N) is 2. The molecule has 2 aromatic carbocycles. The molecule has 0 unspecified atom stereocenters. The molecule has 0 amide bonds. The average Bonchev–Trinajstić information content (AvgIpc) is 3.08. The van der Waals surface area contributed by atoms with E-state index in [2.05, 4.69) is 5.10 Å². The predicted octanol–water partition coefficient (Wildman–Crippen LogP) is 3.28. The Kier molecular flexibility index (Phi) is 5.25. The minimum Gasteiger partial charge on any atom is -0.464 e. The van der Waals surface area contributed by atoms with Gasteiger partial charge in [-0.2, -0.15) is 5.10 Å². The highest BCUT2D eigenvalue weighted by Crippen LogP contribution is 2.30.